The fourth-order valence-electron chi connectivity index (χ4n) is 2.00. The molecule has 0 bridgehead atoms. The topological polar surface area (TPSA) is 105 Å². The lowest BCUT2D eigenvalue weighted by atomic mass is 10.3. The Kier molecular flexibility index (Phi) is 8.56. The van der Waals surface area contributed by atoms with Gasteiger partial charge in [0, 0.05) is 26.2 Å². The maximum Gasteiger partial charge on any atom is 0.318 e. The molecule has 0 radical (unpaired) electrons. The second-order valence-corrected chi connectivity index (χ2v) is 4.81. The van der Waals surface area contributed by atoms with E-state index in [1.54, 1.807) is 0 Å². The Bertz CT molecular complexity index is 345. The lowest BCUT2D eigenvalue weighted by molar-refractivity contribution is -0.148. The highest BCUT2D eigenvalue weighted by Crippen LogP contribution is 1.97. The van der Waals surface area contributed by atoms with E-state index >= 15 is 0 Å². The monoisotopic (exact) mass is 300 g/mol. The van der Waals surface area contributed by atoms with Crippen molar-refractivity contribution in [2.24, 2.45) is 5.73 Å². The van der Waals surface area contributed by atoms with E-state index in [2.05, 4.69) is 10.2 Å². The zero-order valence-electron chi connectivity index (χ0n) is 12.3. The van der Waals surface area contributed by atoms with Crippen molar-refractivity contribution in [3.8, 4) is 0 Å². The molecular formula is C13H24N4O4. The molecule has 8 nitrogen and oxygen atoms in total. The Morgan fingerprint density at radius 1 is 1.29 bits per heavy atom. The largest absolute Gasteiger partial charge is 0.379 e. The number of ether oxygens (including phenoxy) is 1. The van der Waals surface area contributed by atoms with Crippen molar-refractivity contribution < 1.29 is 19.1 Å². The van der Waals surface area contributed by atoms with Crippen LogP contribution in [0.1, 0.15) is 12.8 Å². The molecule has 1 rings (SSSR count). The summed E-state index contributed by atoms with van der Waals surface area (Å²) in [6, 6.07) is 0. The number of hydrogen-bond donors (Lipinski definition) is 2. The summed E-state index contributed by atoms with van der Waals surface area (Å²) in [5, 5.41) is 2.54. The molecule has 120 valence electrons. The average molecular weight is 300 g/mol. The molecule has 8 heteroatoms. The first kappa shape index (κ1) is 17.5. The quantitative estimate of drug-likeness (QED) is 0.310. The molecule has 1 heterocycles. The van der Waals surface area contributed by atoms with Crippen molar-refractivity contribution >= 4 is 18.2 Å². The highest BCUT2D eigenvalue weighted by molar-refractivity contribution is 6.36. The highest BCUT2D eigenvalue weighted by Gasteiger charge is 2.20. The van der Waals surface area contributed by atoms with Gasteiger partial charge in [0.25, 0.3) is 0 Å². The van der Waals surface area contributed by atoms with Gasteiger partial charge < -0.3 is 15.8 Å². The first-order valence-corrected chi connectivity index (χ1v) is 7.23. The predicted molar refractivity (Wildman–Crippen MR) is 76.3 cm³/mol. The smallest absolute Gasteiger partial charge is 0.318 e. The zero-order valence-corrected chi connectivity index (χ0v) is 12.3. The van der Waals surface area contributed by atoms with E-state index in [0.717, 1.165) is 44.2 Å². The van der Waals surface area contributed by atoms with E-state index in [-0.39, 0.29) is 6.54 Å². The predicted octanol–water partition coefficient (Wildman–Crippen LogP) is -1.84. The Hall–Kier alpha value is -1.51. The molecule has 3 amide bonds. The van der Waals surface area contributed by atoms with Crippen LogP contribution in [0.2, 0.25) is 0 Å². The zero-order chi connectivity index (χ0) is 15.5. The van der Waals surface area contributed by atoms with Crippen LogP contribution in [0.5, 0.6) is 0 Å². The van der Waals surface area contributed by atoms with Crippen molar-refractivity contribution in [3.05, 3.63) is 0 Å². The molecule has 0 spiro atoms. The molecule has 1 aliphatic heterocycles. The van der Waals surface area contributed by atoms with Crippen LogP contribution in [0.25, 0.3) is 0 Å². The molecule has 0 atom stereocenters. The molecular weight excluding hydrogens is 276 g/mol. The first-order valence-electron chi connectivity index (χ1n) is 7.23. The van der Waals surface area contributed by atoms with Crippen LogP contribution >= 0.6 is 0 Å². The number of carbonyl (C=O) groups excluding carboxylic acids is 3. The number of amides is 3. The van der Waals surface area contributed by atoms with Gasteiger partial charge in [0.1, 0.15) is 0 Å². The van der Waals surface area contributed by atoms with Gasteiger partial charge in [0.15, 0.2) is 0 Å². The highest BCUT2D eigenvalue weighted by atomic mass is 16.5. The number of morpholine rings is 1. The number of carbonyl (C=O) groups is 3. The van der Waals surface area contributed by atoms with Gasteiger partial charge in [-0.1, -0.05) is 0 Å². The standard InChI is InChI=1S/C13H24N4O4/c14-3-1-6-17(11-18)13(20)12(19)15-4-2-5-16-7-9-21-10-8-16/h11H,1-10,14H2,(H,15,19). The van der Waals surface area contributed by atoms with E-state index < -0.39 is 11.8 Å². The summed E-state index contributed by atoms with van der Waals surface area (Å²) in [7, 11) is 0. The molecule has 0 unspecified atom stereocenters. The first-order chi connectivity index (χ1) is 10.2. The summed E-state index contributed by atoms with van der Waals surface area (Å²) in [5.74, 6) is -1.58. The van der Waals surface area contributed by atoms with Gasteiger partial charge in [-0.25, -0.2) is 0 Å². The second kappa shape index (κ2) is 10.3. The molecule has 0 saturated carbocycles. The van der Waals surface area contributed by atoms with Gasteiger partial charge in [-0.15, -0.1) is 0 Å². The van der Waals surface area contributed by atoms with E-state index in [0.29, 0.717) is 25.9 Å². The van der Waals surface area contributed by atoms with Gasteiger partial charge in [-0.2, -0.15) is 0 Å². The van der Waals surface area contributed by atoms with Gasteiger partial charge in [-0.3, -0.25) is 24.2 Å². The molecule has 21 heavy (non-hydrogen) atoms. The third-order valence-corrected chi connectivity index (χ3v) is 3.23. The Balaban J connectivity index is 2.19. The fraction of sp³-hybridized carbons (Fsp3) is 0.769. The lowest BCUT2D eigenvalue weighted by Crippen LogP contribution is -2.44. The minimum Gasteiger partial charge on any atom is -0.379 e. The van der Waals surface area contributed by atoms with Gasteiger partial charge in [-0.05, 0) is 25.9 Å². The fourth-order valence-corrected chi connectivity index (χ4v) is 2.00. The van der Waals surface area contributed by atoms with Crippen molar-refractivity contribution in [2.75, 3.05) is 52.5 Å². The number of hydrogen-bond acceptors (Lipinski definition) is 6. The number of nitrogens with one attached hydrogen (secondary N) is 1. The normalized spacial score (nSPS) is 15.5. The van der Waals surface area contributed by atoms with Crippen LogP contribution in [-0.4, -0.2) is 80.5 Å². The molecule has 0 aromatic rings. The van der Waals surface area contributed by atoms with E-state index in [4.69, 9.17) is 10.5 Å². The molecule has 3 N–H and O–H groups in total. The molecule has 0 aliphatic carbocycles. The van der Waals surface area contributed by atoms with E-state index in [1.165, 1.54) is 0 Å². The van der Waals surface area contributed by atoms with Crippen molar-refractivity contribution in [3.63, 3.8) is 0 Å². The summed E-state index contributed by atoms with van der Waals surface area (Å²) in [6.07, 6.45) is 1.60. The molecule has 0 aromatic heterocycles. The van der Waals surface area contributed by atoms with Crippen molar-refractivity contribution in [2.45, 2.75) is 12.8 Å². The number of rotatable bonds is 8. The number of nitrogens with zero attached hydrogens (tertiary/aromatic N) is 2. The van der Waals surface area contributed by atoms with Crippen LogP contribution in [-0.2, 0) is 19.1 Å². The second-order valence-electron chi connectivity index (χ2n) is 4.81. The summed E-state index contributed by atoms with van der Waals surface area (Å²) in [6.45, 7) is 5.04. The summed E-state index contributed by atoms with van der Waals surface area (Å²) in [4.78, 5) is 37.2. The van der Waals surface area contributed by atoms with Gasteiger partial charge >= 0.3 is 11.8 Å². The number of imide groups is 1. The van der Waals surface area contributed by atoms with Crippen LogP contribution < -0.4 is 11.1 Å². The molecule has 1 saturated heterocycles. The van der Waals surface area contributed by atoms with Gasteiger partial charge in [0.2, 0.25) is 6.41 Å². The lowest BCUT2D eigenvalue weighted by Gasteiger charge is -2.26. The van der Waals surface area contributed by atoms with Crippen molar-refractivity contribution in [1.29, 1.82) is 0 Å². The third-order valence-electron chi connectivity index (χ3n) is 3.23. The Morgan fingerprint density at radius 2 is 2.00 bits per heavy atom. The van der Waals surface area contributed by atoms with Crippen molar-refractivity contribution in [1.82, 2.24) is 15.1 Å². The summed E-state index contributed by atoms with van der Waals surface area (Å²) < 4.78 is 5.24. The van der Waals surface area contributed by atoms with Crippen LogP contribution in [0.3, 0.4) is 0 Å². The van der Waals surface area contributed by atoms with E-state index in [9.17, 15) is 14.4 Å². The van der Waals surface area contributed by atoms with E-state index in [1.807, 2.05) is 0 Å². The summed E-state index contributed by atoms with van der Waals surface area (Å²) in [5.41, 5.74) is 5.31. The SMILES string of the molecule is NCCCN(C=O)C(=O)C(=O)NCCCN1CCOCC1. The molecule has 1 fully saturated rings. The minimum absolute atomic E-state index is 0.167. The Morgan fingerprint density at radius 3 is 2.62 bits per heavy atom. The molecule has 0 aromatic carbocycles. The summed E-state index contributed by atoms with van der Waals surface area (Å²) >= 11 is 0. The third kappa shape index (κ3) is 6.65. The Labute approximate surface area is 124 Å². The van der Waals surface area contributed by atoms with Crippen LogP contribution in [0.4, 0.5) is 0 Å². The maximum absolute atomic E-state index is 11.7. The minimum atomic E-state index is -0.829. The molecule has 1 aliphatic rings. The average Bonchev–Trinajstić information content (AvgIpc) is 2.52. The maximum atomic E-state index is 11.7. The van der Waals surface area contributed by atoms with Crippen LogP contribution in [0, 0.1) is 0 Å². The van der Waals surface area contributed by atoms with Crippen LogP contribution in [0.15, 0.2) is 0 Å². The van der Waals surface area contributed by atoms with Gasteiger partial charge in [0.05, 0.1) is 13.2 Å². The number of nitrogens with two attached hydrogens (primary N) is 1.